The summed E-state index contributed by atoms with van der Waals surface area (Å²) in [5.41, 5.74) is -0.0756. The molecule has 8 unspecified atom stereocenters. The Morgan fingerprint density at radius 1 is 0.930 bits per heavy atom. The SMILES string of the molecule is CC(=O)O[C@@H](C1CCC2C(CC3C4CCC5C(C)(C)[C@@H](OC(=O)N6CCOCC6)CCC56C[C@@]46CCC23C)O1)C(C)(C)O. The number of esters is 1. The largest absolute Gasteiger partial charge is 0.457 e. The molecule has 2 saturated heterocycles. The van der Waals surface area contributed by atoms with Crippen molar-refractivity contribution in [1.29, 1.82) is 0 Å². The van der Waals surface area contributed by atoms with Crippen LogP contribution in [-0.2, 0) is 23.7 Å². The van der Waals surface area contributed by atoms with E-state index in [0.29, 0.717) is 54.9 Å². The molecule has 0 aromatic heterocycles. The zero-order valence-corrected chi connectivity index (χ0v) is 27.4. The van der Waals surface area contributed by atoms with E-state index >= 15 is 0 Å². The second-order valence-corrected chi connectivity index (χ2v) is 17.0. The predicted octanol–water partition coefficient (Wildman–Crippen LogP) is 5.73. The average Bonchev–Trinajstić information content (AvgIpc) is 3.53. The fourth-order valence-corrected chi connectivity index (χ4v) is 12.5. The smallest absolute Gasteiger partial charge is 0.410 e. The van der Waals surface area contributed by atoms with Crippen LogP contribution in [0, 0.1) is 45.3 Å². The van der Waals surface area contributed by atoms with Crippen molar-refractivity contribution < 1.29 is 33.6 Å². The zero-order chi connectivity index (χ0) is 30.6. The van der Waals surface area contributed by atoms with Crippen molar-refractivity contribution in [3.63, 3.8) is 0 Å². The molecule has 1 amide bonds. The van der Waals surface area contributed by atoms with Crippen LogP contribution in [0.1, 0.15) is 106 Å². The molecule has 1 N–H and O–H groups in total. The molecule has 0 aromatic carbocycles. The Labute approximate surface area is 257 Å². The quantitative estimate of drug-likeness (QED) is 0.411. The van der Waals surface area contributed by atoms with Gasteiger partial charge in [-0.05, 0) is 118 Å². The number of carbonyl (C=O) groups is 2. The number of aliphatic hydroxyl groups is 1. The van der Waals surface area contributed by atoms with Gasteiger partial charge >= 0.3 is 12.1 Å². The van der Waals surface area contributed by atoms with Crippen LogP contribution in [0.2, 0.25) is 0 Å². The minimum absolute atomic E-state index is 0.0258. The van der Waals surface area contributed by atoms with Gasteiger partial charge in [0.2, 0.25) is 0 Å². The first-order chi connectivity index (χ1) is 20.2. The lowest BCUT2D eigenvalue weighted by molar-refractivity contribution is -0.200. The van der Waals surface area contributed by atoms with Crippen LogP contribution in [0.4, 0.5) is 4.79 Å². The topological polar surface area (TPSA) is 94.5 Å². The van der Waals surface area contributed by atoms with Gasteiger partial charge in [0.25, 0.3) is 0 Å². The molecule has 43 heavy (non-hydrogen) atoms. The lowest BCUT2D eigenvalue weighted by Crippen LogP contribution is -2.56. The van der Waals surface area contributed by atoms with Crippen LogP contribution in [0.15, 0.2) is 0 Å². The van der Waals surface area contributed by atoms with E-state index in [4.69, 9.17) is 18.9 Å². The molecule has 11 atom stereocenters. The Morgan fingerprint density at radius 3 is 2.35 bits per heavy atom. The number of hydrogen-bond donors (Lipinski definition) is 1. The maximum Gasteiger partial charge on any atom is 0.410 e. The molecule has 0 aromatic rings. The molecular formula is C35H55NO7. The van der Waals surface area contributed by atoms with Crippen LogP contribution in [-0.4, -0.2) is 78.4 Å². The zero-order valence-electron chi connectivity index (χ0n) is 27.4. The molecule has 8 nitrogen and oxygen atoms in total. The standard InChI is InChI=1S/C35H55NO7/c1-21(37)41-29(32(4,5)39)25-9-7-23-26(42-25)19-24-22-8-10-27-31(2,3)28(43-30(38)36-15-17-40-18-16-36)11-12-35(27)20-34(22,35)14-13-33(23,24)6/h22-29,39H,7-20H2,1-6H3/t22?,23?,24?,25?,26?,27?,28-,29-,33?,34-,35?/m0/s1. The number of fused-ring (bicyclic) bond motifs is 4. The normalized spacial score (nSPS) is 47.1. The van der Waals surface area contributed by atoms with Crippen molar-refractivity contribution in [2.75, 3.05) is 26.3 Å². The van der Waals surface area contributed by atoms with E-state index in [9.17, 15) is 14.7 Å². The molecule has 7 aliphatic rings. The number of carbonyl (C=O) groups excluding carboxylic acids is 2. The fourth-order valence-electron chi connectivity index (χ4n) is 12.5. The lowest BCUT2D eigenvalue weighted by Gasteiger charge is -2.59. The molecule has 7 rings (SSSR count). The van der Waals surface area contributed by atoms with Gasteiger partial charge in [-0.25, -0.2) is 4.79 Å². The molecule has 7 fully saturated rings. The van der Waals surface area contributed by atoms with Gasteiger partial charge in [0.05, 0.1) is 31.0 Å². The molecule has 5 aliphatic carbocycles. The second kappa shape index (κ2) is 10.1. The maximum atomic E-state index is 13.1. The van der Waals surface area contributed by atoms with E-state index in [1.807, 2.05) is 4.90 Å². The van der Waals surface area contributed by atoms with E-state index < -0.39 is 11.7 Å². The Kier molecular flexibility index (Phi) is 7.08. The first-order valence-corrected chi connectivity index (χ1v) is 17.3. The third-order valence-electron chi connectivity index (χ3n) is 14.4. The van der Waals surface area contributed by atoms with Gasteiger partial charge in [0.15, 0.2) is 6.10 Å². The highest BCUT2D eigenvalue weighted by molar-refractivity contribution is 5.68. The maximum absolute atomic E-state index is 13.1. The summed E-state index contributed by atoms with van der Waals surface area (Å²) in [5.74, 6) is 2.15. The van der Waals surface area contributed by atoms with Crippen LogP contribution in [0.3, 0.4) is 0 Å². The molecule has 242 valence electrons. The van der Waals surface area contributed by atoms with Crippen molar-refractivity contribution in [2.24, 2.45) is 45.3 Å². The monoisotopic (exact) mass is 601 g/mol. The van der Waals surface area contributed by atoms with E-state index in [0.717, 1.165) is 31.6 Å². The van der Waals surface area contributed by atoms with Gasteiger partial charge in [-0.2, -0.15) is 0 Å². The number of amides is 1. The highest BCUT2D eigenvalue weighted by Gasteiger charge is 2.81. The van der Waals surface area contributed by atoms with Gasteiger partial charge in [-0.15, -0.1) is 0 Å². The Morgan fingerprint density at radius 2 is 1.65 bits per heavy atom. The fraction of sp³-hybridized carbons (Fsp3) is 0.943. The summed E-state index contributed by atoms with van der Waals surface area (Å²) < 4.78 is 24.2. The second-order valence-electron chi connectivity index (χ2n) is 17.0. The molecule has 8 heteroatoms. The molecule has 5 saturated carbocycles. The van der Waals surface area contributed by atoms with E-state index in [1.165, 1.54) is 45.4 Å². The lowest BCUT2D eigenvalue weighted by atomic mass is 9.46. The summed E-state index contributed by atoms with van der Waals surface area (Å²) >= 11 is 0. The van der Waals surface area contributed by atoms with E-state index in [2.05, 4.69) is 20.8 Å². The van der Waals surface area contributed by atoms with Crippen molar-refractivity contribution in [3.8, 4) is 0 Å². The van der Waals surface area contributed by atoms with Crippen LogP contribution in [0.25, 0.3) is 0 Å². The number of ether oxygens (including phenoxy) is 4. The number of rotatable bonds is 4. The third-order valence-corrected chi connectivity index (χ3v) is 14.4. The number of nitrogens with zero attached hydrogens (tertiary/aromatic N) is 1. The Hall–Kier alpha value is -1.38. The summed E-state index contributed by atoms with van der Waals surface area (Å²) in [6, 6.07) is 0. The summed E-state index contributed by atoms with van der Waals surface area (Å²) in [7, 11) is 0. The van der Waals surface area contributed by atoms with Gasteiger partial charge in [-0.1, -0.05) is 20.8 Å². The molecule has 2 spiro atoms. The Bertz CT molecular complexity index is 1130. The summed E-state index contributed by atoms with van der Waals surface area (Å²) in [4.78, 5) is 26.8. The average molecular weight is 602 g/mol. The van der Waals surface area contributed by atoms with E-state index in [-0.39, 0.29) is 41.2 Å². The molecular weight excluding hydrogens is 546 g/mol. The molecule has 2 heterocycles. The Balaban J connectivity index is 1.07. The summed E-state index contributed by atoms with van der Waals surface area (Å²) in [6.45, 7) is 14.6. The number of hydrogen-bond acceptors (Lipinski definition) is 7. The van der Waals surface area contributed by atoms with Crippen molar-refractivity contribution >= 4 is 12.1 Å². The van der Waals surface area contributed by atoms with Crippen LogP contribution >= 0.6 is 0 Å². The van der Waals surface area contributed by atoms with E-state index in [1.54, 1.807) is 13.8 Å². The predicted molar refractivity (Wildman–Crippen MR) is 160 cm³/mol. The minimum atomic E-state index is -1.15. The van der Waals surface area contributed by atoms with Gasteiger partial charge < -0.3 is 29.0 Å². The summed E-state index contributed by atoms with van der Waals surface area (Å²) in [5, 5.41) is 10.9. The van der Waals surface area contributed by atoms with Crippen molar-refractivity contribution in [3.05, 3.63) is 0 Å². The van der Waals surface area contributed by atoms with Crippen LogP contribution < -0.4 is 0 Å². The van der Waals surface area contributed by atoms with Crippen molar-refractivity contribution in [2.45, 2.75) is 136 Å². The summed E-state index contributed by atoms with van der Waals surface area (Å²) in [6.07, 6.45) is 10.7. The van der Waals surface area contributed by atoms with Gasteiger partial charge in [0.1, 0.15) is 6.10 Å². The van der Waals surface area contributed by atoms with Crippen LogP contribution in [0.5, 0.6) is 0 Å². The van der Waals surface area contributed by atoms with Crippen molar-refractivity contribution in [1.82, 2.24) is 4.90 Å². The first kappa shape index (κ1) is 30.3. The molecule has 0 radical (unpaired) electrons. The number of morpholine rings is 1. The minimum Gasteiger partial charge on any atom is -0.457 e. The highest BCUT2D eigenvalue weighted by Crippen LogP contribution is 2.87. The first-order valence-electron chi connectivity index (χ1n) is 17.3. The highest BCUT2D eigenvalue weighted by atomic mass is 16.6. The molecule has 2 aliphatic heterocycles. The van der Waals surface area contributed by atoms with Gasteiger partial charge in [0, 0.05) is 25.4 Å². The third kappa shape index (κ3) is 4.45. The molecule has 0 bridgehead atoms. The van der Waals surface area contributed by atoms with Gasteiger partial charge in [-0.3, -0.25) is 4.79 Å².